The smallest absolute Gasteiger partial charge is 0.197 e. The van der Waals surface area contributed by atoms with E-state index in [0.717, 1.165) is 6.61 Å². The second-order valence-corrected chi connectivity index (χ2v) is 1.96. The van der Waals surface area contributed by atoms with Gasteiger partial charge in [0, 0.05) is 0 Å². The predicted octanol–water partition coefficient (Wildman–Crippen LogP) is 1.84. The van der Waals surface area contributed by atoms with E-state index >= 15 is 0 Å². The van der Waals surface area contributed by atoms with Crippen LogP contribution in [0.5, 0.6) is 0 Å². The molecule has 0 rings (SSSR count). The molecule has 1 nitrogen and oxygen atoms in total. The maximum Gasteiger partial charge on any atom is 0.224 e. The van der Waals surface area contributed by atoms with E-state index in [4.69, 9.17) is 4.74 Å². The van der Waals surface area contributed by atoms with Crippen molar-refractivity contribution in [1.29, 1.82) is 0 Å². The van der Waals surface area contributed by atoms with Gasteiger partial charge in [-0.05, 0) is 5.92 Å². The third-order valence-corrected chi connectivity index (χ3v) is 0.596. The molecule has 0 aliphatic carbocycles. The Bertz CT molecular complexity index is 33.2. The molecule has 7 heavy (non-hydrogen) atoms. The van der Waals surface area contributed by atoms with Crippen LogP contribution in [0.1, 0.15) is 20.8 Å². The lowest BCUT2D eigenvalue weighted by atomic mass is 10.2. The van der Waals surface area contributed by atoms with Gasteiger partial charge < -0.3 is 0 Å². The van der Waals surface area contributed by atoms with Gasteiger partial charge in [0.25, 0.3) is 0 Å². The molecule has 0 atom stereocenters. The van der Waals surface area contributed by atoms with Crippen molar-refractivity contribution in [3.05, 3.63) is 6.61 Å². The molecule has 1 heteroatoms. The molecule has 0 heterocycles. The number of rotatable bonds is 3. The lowest BCUT2D eigenvalue weighted by Gasteiger charge is -1.94. The van der Waals surface area contributed by atoms with Crippen LogP contribution in [-0.2, 0) is 4.74 Å². The zero-order valence-electron chi connectivity index (χ0n) is 5.27. The van der Waals surface area contributed by atoms with Gasteiger partial charge in [0.2, 0.25) is 6.61 Å². The second-order valence-electron chi connectivity index (χ2n) is 1.96. The van der Waals surface area contributed by atoms with E-state index in [9.17, 15) is 0 Å². The zero-order valence-corrected chi connectivity index (χ0v) is 5.27. The number of ether oxygens (including phenoxy) is 1. The molecule has 0 aliphatic rings. The molecule has 0 saturated heterocycles. The van der Waals surface area contributed by atoms with E-state index in [1.54, 1.807) is 6.61 Å². The first-order valence-corrected chi connectivity index (χ1v) is 2.66. The predicted molar refractivity (Wildman–Crippen MR) is 30.8 cm³/mol. The van der Waals surface area contributed by atoms with Crippen LogP contribution in [0.15, 0.2) is 0 Å². The maximum atomic E-state index is 4.97. The first-order valence-electron chi connectivity index (χ1n) is 2.66. The van der Waals surface area contributed by atoms with Crippen molar-refractivity contribution in [2.45, 2.75) is 20.8 Å². The van der Waals surface area contributed by atoms with Crippen LogP contribution in [-0.4, -0.2) is 6.61 Å². The van der Waals surface area contributed by atoms with Gasteiger partial charge in [-0.3, -0.25) is 0 Å². The van der Waals surface area contributed by atoms with Gasteiger partial charge >= 0.3 is 0 Å². The Morgan fingerprint density at radius 2 is 2.14 bits per heavy atom. The standard InChI is InChI=1S/C6H13O/c1-4-7-5-6(2)3/h4,6H,5H2,1-3H3/q+1. The summed E-state index contributed by atoms with van der Waals surface area (Å²) in [6, 6.07) is 0. The minimum absolute atomic E-state index is 0.649. The van der Waals surface area contributed by atoms with Gasteiger partial charge in [0.1, 0.15) is 13.5 Å². The highest BCUT2D eigenvalue weighted by atomic mass is 16.5. The van der Waals surface area contributed by atoms with Crippen molar-refractivity contribution < 1.29 is 4.74 Å². The van der Waals surface area contributed by atoms with Gasteiger partial charge in [0.15, 0.2) is 0 Å². The summed E-state index contributed by atoms with van der Waals surface area (Å²) in [7, 11) is 0. The van der Waals surface area contributed by atoms with Crippen LogP contribution in [0.4, 0.5) is 0 Å². The van der Waals surface area contributed by atoms with Crippen molar-refractivity contribution in [2.75, 3.05) is 6.61 Å². The van der Waals surface area contributed by atoms with Crippen molar-refractivity contribution >= 4 is 0 Å². The summed E-state index contributed by atoms with van der Waals surface area (Å²) in [5.41, 5.74) is 0. The zero-order chi connectivity index (χ0) is 5.70. The van der Waals surface area contributed by atoms with Crippen LogP contribution in [0.3, 0.4) is 0 Å². The fourth-order valence-electron chi connectivity index (χ4n) is 0.289. The number of hydrogen-bond acceptors (Lipinski definition) is 1. The van der Waals surface area contributed by atoms with Gasteiger partial charge in [-0.15, -0.1) is 0 Å². The molecule has 0 N–H and O–H groups in total. The molecule has 0 amide bonds. The molecular weight excluding hydrogens is 88.1 g/mol. The molecule has 42 valence electrons. The molecule has 0 saturated carbocycles. The van der Waals surface area contributed by atoms with Crippen molar-refractivity contribution in [3.63, 3.8) is 0 Å². The highest BCUT2D eigenvalue weighted by molar-refractivity contribution is 4.41. The molecule has 0 aromatic rings. The normalized spacial score (nSPS) is 9.71. The van der Waals surface area contributed by atoms with E-state index in [0.29, 0.717) is 5.92 Å². The number of hydrogen-bond donors (Lipinski definition) is 0. The SMILES string of the molecule is C[CH+]OCC(C)C. The molecule has 0 fully saturated rings. The molecule has 0 aliphatic heterocycles. The van der Waals surface area contributed by atoms with E-state index in [2.05, 4.69) is 13.8 Å². The Balaban J connectivity index is 2.68. The van der Waals surface area contributed by atoms with E-state index in [-0.39, 0.29) is 0 Å². The summed E-state index contributed by atoms with van der Waals surface area (Å²) in [5.74, 6) is 0.649. The average Bonchev–Trinajstić information content (AvgIpc) is 1.61. The molecule has 0 radical (unpaired) electrons. The molecular formula is C6H13O+. The first-order chi connectivity index (χ1) is 3.27. The van der Waals surface area contributed by atoms with Gasteiger partial charge in [-0.25, -0.2) is 0 Å². The van der Waals surface area contributed by atoms with Crippen molar-refractivity contribution in [2.24, 2.45) is 5.92 Å². The third-order valence-electron chi connectivity index (χ3n) is 0.596. The Morgan fingerprint density at radius 1 is 1.57 bits per heavy atom. The van der Waals surface area contributed by atoms with Crippen LogP contribution in [0, 0.1) is 12.5 Å². The summed E-state index contributed by atoms with van der Waals surface area (Å²) in [4.78, 5) is 0. The largest absolute Gasteiger partial charge is 0.224 e. The van der Waals surface area contributed by atoms with Crippen LogP contribution in [0.2, 0.25) is 0 Å². The topological polar surface area (TPSA) is 9.23 Å². The fourth-order valence-corrected chi connectivity index (χ4v) is 0.289. The van der Waals surface area contributed by atoms with E-state index in [1.807, 2.05) is 6.92 Å². The lowest BCUT2D eigenvalue weighted by Crippen LogP contribution is -1.97. The Hall–Kier alpha value is -0.170. The van der Waals surface area contributed by atoms with Crippen LogP contribution in [0.25, 0.3) is 0 Å². The minimum atomic E-state index is 0.649. The van der Waals surface area contributed by atoms with Gasteiger partial charge in [-0.1, -0.05) is 13.8 Å². The fraction of sp³-hybridized carbons (Fsp3) is 0.833. The first kappa shape index (κ1) is 6.83. The Morgan fingerprint density at radius 3 is 2.29 bits per heavy atom. The monoisotopic (exact) mass is 101 g/mol. The minimum Gasteiger partial charge on any atom is -0.197 e. The average molecular weight is 101 g/mol. The molecule has 0 bridgehead atoms. The van der Waals surface area contributed by atoms with Crippen LogP contribution >= 0.6 is 0 Å². The maximum absolute atomic E-state index is 4.97. The summed E-state index contributed by atoms with van der Waals surface area (Å²) >= 11 is 0. The second kappa shape index (κ2) is 4.00. The van der Waals surface area contributed by atoms with E-state index < -0.39 is 0 Å². The molecule has 0 aromatic heterocycles. The Labute approximate surface area is 45.7 Å². The lowest BCUT2D eigenvalue weighted by molar-refractivity contribution is 0.172. The van der Waals surface area contributed by atoms with Gasteiger partial charge in [0.05, 0.1) is 0 Å². The summed E-state index contributed by atoms with van der Waals surface area (Å²) < 4.78 is 4.97. The summed E-state index contributed by atoms with van der Waals surface area (Å²) in [5, 5.41) is 0. The highest BCUT2D eigenvalue weighted by Crippen LogP contribution is 1.92. The molecule has 0 spiro atoms. The van der Waals surface area contributed by atoms with Crippen LogP contribution < -0.4 is 0 Å². The summed E-state index contributed by atoms with van der Waals surface area (Å²) in [6.07, 6.45) is 0. The van der Waals surface area contributed by atoms with Crippen molar-refractivity contribution in [3.8, 4) is 0 Å². The van der Waals surface area contributed by atoms with Gasteiger partial charge in [-0.2, -0.15) is 4.74 Å². The molecule has 0 unspecified atom stereocenters. The summed E-state index contributed by atoms with van der Waals surface area (Å²) in [6.45, 7) is 8.71. The van der Waals surface area contributed by atoms with Crippen molar-refractivity contribution in [1.82, 2.24) is 0 Å². The molecule has 0 aromatic carbocycles. The third kappa shape index (κ3) is 5.83. The van der Waals surface area contributed by atoms with E-state index in [1.165, 1.54) is 0 Å². The highest BCUT2D eigenvalue weighted by Gasteiger charge is 1.94. The Kier molecular flexibility index (Phi) is 3.90. The quantitative estimate of drug-likeness (QED) is 0.493.